The number of hydrogen-bond acceptors (Lipinski definition) is 5. The summed E-state index contributed by atoms with van der Waals surface area (Å²) in [5.74, 6) is 1.39. The number of anilines is 2. The molecular formula is C12H8BrClN4S. The fraction of sp³-hybridized carbons (Fsp3) is 0.0833. The van der Waals surface area contributed by atoms with Gasteiger partial charge in [-0.1, -0.05) is 0 Å². The Morgan fingerprint density at radius 3 is 2.89 bits per heavy atom. The molecule has 3 rings (SSSR count). The van der Waals surface area contributed by atoms with Crippen molar-refractivity contribution in [3.05, 3.63) is 39.0 Å². The molecule has 19 heavy (non-hydrogen) atoms. The molecule has 0 aliphatic carbocycles. The summed E-state index contributed by atoms with van der Waals surface area (Å²) in [7, 11) is 0. The number of rotatable bonds is 2. The predicted molar refractivity (Wildman–Crippen MR) is 82.4 cm³/mol. The molecule has 3 heterocycles. The van der Waals surface area contributed by atoms with E-state index in [4.69, 9.17) is 11.6 Å². The van der Waals surface area contributed by atoms with Gasteiger partial charge in [0.25, 0.3) is 0 Å². The van der Waals surface area contributed by atoms with E-state index < -0.39 is 0 Å². The van der Waals surface area contributed by atoms with Crippen LogP contribution >= 0.6 is 38.9 Å². The third-order valence-corrected chi connectivity index (χ3v) is 4.05. The molecule has 3 aromatic rings. The Balaban J connectivity index is 2.06. The summed E-state index contributed by atoms with van der Waals surface area (Å²) in [6.07, 6.45) is 1.72. The van der Waals surface area contributed by atoms with Crippen molar-refractivity contribution in [2.75, 3.05) is 5.32 Å². The van der Waals surface area contributed by atoms with Gasteiger partial charge in [-0.2, -0.15) is 4.98 Å². The van der Waals surface area contributed by atoms with E-state index in [1.54, 1.807) is 17.5 Å². The van der Waals surface area contributed by atoms with Crippen LogP contribution in [0, 0.1) is 6.92 Å². The number of nitrogens with zero attached hydrogens (tertiary/aromatic N) is 3. The Bertz CT molecular complexity index is 741. The summed E-state index contributed by atoms with van der Waals surface area (Å²) >= 11 is 10.9. The third-order valence-electron chi connectivity index (χ3n) is 2.46. The Labute approximate surface area is 127 Å². The highest BCUT2D eigenvalue weighted by molar-refractivity contribution is 9.10. The van der Waals surface area contributed by atoms with Gasteiger partial charge in [-0.3, -0.25) is 0 Å². The van der Waals surface area contributed by atoms with Gasteiger partial charge in [-0.15, -0.1) is 11.3 Å². The molecule has 0 saturated carbocycles. The molecule has 0 fully saturated rings. The maximum Gasteiger partial charge on any atom is 0.225 e. The zero-order chi connectivity index (χ0) is 13.4. The predicted octanol–water partition coefficient (Wildman–Crippen LogP) is 4.55. The molecule has 0 unspecified atom stereocenters. The minimum atomic E-state index is 0.231. The van der Waals surface area contributed by atoms with Gasteiger partial charge in [0.1, 0.15) is 16.5 Å². The van der Waals surface area contributed by atoms with Crippen molar-refractivity contribution >= 4 is 60.7 Å². The number of fused-ring (bicyclic) bond motifs is 1. The molecule has 0 amide bonds. The Morgan fingerprint density at radius 1 is 1.32 bits per heavy atom. The fourth-order valence-electron chi connectivity index (χ4n) is 1.68. The molecule has 4 nitrogen and oxygen atoms in total. The van der Waals surface area contributed by atoms with Gasteiger partial charge in [0.05, 0.1) is 5.39 Å². The van der Waals surface area contributed by atoms with Gasteiger partial charge < -0.3 is 5.32 Å². The van der Waals surface area contributed by atoms with Gasteiger partial charge in [0.15, 0.2) is 0 Å². The molecule has 96 valence electrons. The first-order valence-corrected chi connectivity index (χ1v) is 7.43. The van der Waals surface area contributed by atoms with Crippen molar-refractivity contribution in [3.63, 3.8) is 0 Å². The van der Waals surface area contributed by atoms with E-state index in [9.17, 15) is 0 Å². The lowest BCUT2D eigenvalue weighted by Crippen LogP contribution is -1.97. The van der Waals surface area contributed by atoms with Gasteiger partial charge in [-0.25, -0.2) is 9.97 Å². The molecule has 0 spiro atoms. The van der Waals surface area contributed by atoms with Crippen LogP contribution in [0.3, 0.4) is 0 Å². The molecule has 0 aromatic carbocycles. The monoisotopic (exact) mass is 354 g/mol. The van der Waals surface area contributed by atoms with E-state index in [0.717, 1.165) is 14.7 Å². The Morgan fingerprint density at radius 2 is 2.16 bits per heavy atom. The number of halogens is 2. The van der Waals surface area contributed by atoms with Crippen molar-refractivity contribution in [2.24, 2.45) is 0 Å². The summed E-state index contributed by atoms with van der Waals surface area (Å²) in [4.78, 5) is 14.7. The molecule has 0 aliphatic rings. The van der Waals surface area contributed by atoms with Gasteiger partial charge in [0.2, 0.25) is 5.28 Å². The van der Waals surface area contributed by atoms with E-state index in [1.165, 1.54) is 4.88 Å². The van der Waals surface area contributed by atoms with Crippen LogP contribution in [0.15, 0.2) is 28.9 Å². The maximum absolute atomic E-state index is 5.94. The largest absolute Gasteiger partial charge is 0.324 e. The minimum Gasteiger partial charge on any atom is -0.324 e. The smallest absolute Gasteiger partial charge is 0.225 e. The molecular weight excluding hydrogens is 348 g/mol. The van der Waals surface area contributed by atoms with Crippen LogP contribution in [0.4, 0.5) is 11.6 Å². The molecule has 0 bridgehead atoms. The first-order chi connectivity index (χ1) is 9.11. The van der Waals surface area contributed by atoms with Crippen molar-refractivity contribution in [1.82, 2.24) is 15.0 Å². The van der Waals surface area contributed by atoms with Gasteiger partial charge in [-0.05, 0) is 52.7 Å². The average molecular weight is 356 g/mol. The highest BCUT2D eigenvalue weighted by Gasteiger charge is 2.10. The van der Waals surface area contributed by atoms with Crippen LogP contribution in [0.2, 0.25) is 5.28 Å². The SMILES string of the molecule is Cc1cc2c(Nc3ccc(Br)cn3)nc(Cl)nc2s1. The number of aromatic nitrogens is 3. The van der Waals surface area contributed by atoms with E-state index in [2.05, 4.69) is 36.2 Å². The van der Waals surface area contributed by atoms with E-state index in [-0.39, 0.29) is 5.28 Å². The molecule has 0 atom stereocenters. The topological polar surface area (TPSA) is 50.7 Å². The number of pyridine rings is 1. The number of hydrogen-bond donors (Lipinski definition) is 1. The van der Waals surface area contributed by atoms with Crippen LogP contribution in [0.1, 0.15) is 4.88 Å². The molecule has 0 saturated heterocycles. The van der Waals surface area contributed by atoms with E-state index in [1.807, 2.05) is 25.1 Å². The van der Waals surface area contributed by atoms with Crippen molar-refractivity contribution in [2.45, 2.75) is 6.92 Å². The normalized spacial score (nSPS) is 10.9. The third kappa shape index (κ3) is 2.70. The van der Waals surface area contributed by atoms with Gasteiger partial charge >= 0.3 is 0 Å². The maximum atomic E-state index is 5.94. The zero-order valence-electron chi connectivity index (χ0n) is 9.82. The van der Waals surface area contributed by atoms with E-state index in [0.29, 0.717) is 11.6 Å². The van der Waals surface area contributed by atoms with E-state index >= 15 is 0 Å². The first kappa shape index (κ1) is 12.8. The highest BCUT2D eigenvalue weighted by atomic mass is 79.9. The first-order valence-electron chi connectivity index (χ1n) is 5.44. The van der Waals surface area contributed by atoms with Crippen LogP contribution in [0.25, 0.3) is 10.2 Å². The fourth-order valence-corrected chi connectivity index (χ4v) is 3.02. The minimum absolute atomic E-state index is 0.231. The lowest BCUT2D eigenvalue weighted by Gasteiger charge is -2.06. The lowest BCUT2D eigenvalue weighted by atomic mass is 10.3. The highest BCUT2D eigenvalue weighted by Crippen LogP contribution is 2.30. The molecule has 0 aliphatic heterocycles. The summed E-state index contributed by atoms with van der Waals surface area (Å²) in [5.41, 5.74) is 0. The number of thiophene rings is 1. The van der Waals surface area contributed by atoms with Crippen LogP contribution in [-0.4, -0.2) is 15.0 Å². The Hall–Kier alpha value is -1.24. The average Bonchev–Trinajstić information content (AvgIpc) is 2.72. The molecule has 1 N–H and O–H groups in total. The van der Waals surface area contributed by atoms with Crippen LogP contribution in [-0.2, 0) is 0 Å². The van der Waals surface area contributed by atoms with Crippen molar-refractivity contribution < 1.29 is 0 Å². The molecule has 3 aromatic heterocycles. The van der Waals surface area contributed by atoms with Crippen LogP contribution < -0.4 is 5.32 Å². The number of aryl methyl sites for hydroxylation is 1. The van der Waals surface area contributed by atoms with Gasteiger partial charge in [0, 0.05) is 15.5 Å². The second kappa shape index (κ2) is 5.03. The second-order valence-corrected chi connectivity index (χ2v) is 6.39. The summed E-state index contributed by atoms with van der Waals surface area (Å²) in [6, 6.07) is 5.82. The summed E-state index contributed by atoms with van der Waals surface area (Å²) < 4.78 is 0.926. The number of nitrogens with one attached hydrogen (secondary N) is 1. The molecule has 0 radical (unpaired) electrons. The van der Waals surface area contributed by atoms with Crippen LogP contribution in [0.5, 0.6) is 0 Å². The zero-order valence-corrected chi connectivity index (χ0v) is 13.0. The second-order valence-electron chi connectivity index (χ2n) is 3.90. The van der Waals surface area contributed by atoms with Crippen molar-refractivity contribution in [1.29, 1.82) is 0 Å². The lowest BCUT2D eigenvalue weighted by molar-refractivity contribution is 1.21. The summed E-state index contributed by atoms with van der Waals surface area (Å²) in [5, 5.41) is 4.35. The van der Waals surface area contributed by atoms with Crippen molar-refractivity contribution in [3.8, 4) is 0 Å². The Kier molecular flexibility index (Phi) is 3.38. The quantitative estimate of drug-likeness (QED) is 0.685. The molecule has 7 heteroatoms. The standard InChI is InChI=1S/C12H8BrClN4S/c1-6-4-8-10(17-12(14)18-11(8)19-6)16-9-3-2-7(13)5-15-9/h2-5H,1H3,(H,15,16,17,18). The summed E-state index contributed by atoms with van der Waals surface area (Å²) in [6.45, 7) is 2.03.